The average Bonchev–Trinajstić information content (AvgIpc) is 4.28. The molecule has 3 aromatic carbocycles. The maximum atomic E-state index is 17.2. The van der Waals surface area contributed by atoms with Crippen molar-refractivity contribution in [3.8, 4) is 35.4 Å². The zero-order valence-electron chi connectivity index (χ0n) is 46.6. The number of aromatic nitrogens is 5. The molecule has 6 aromatic rings. The summed E-state index contributed by atoms with van der Waals surface area (Å²) in [5.41, 5.74) is 0.993. The highest BCUT2D eigenvalue weighted by atomic mass is 19.1. The summed E-state index contributed by atoms with van der Waals surface area (Å²) in [6, 6.07) is 10.9. The summed E-state index contributed by atoms with van der Waals surface area (Å²) in [5, 5.41) is 25.2. The molecule has 1 saturated carbocycles. The molecule has 9 heterocycles. The van der Waals surface area contributed by atoms with Gasteiger partial charge in [0.1, 0.15) is 47.9 Å². The van der Waals surface area contributed by atoms with Crippen LogP contribution in [0.5, 0.6) is 11.8 Å². The van der Waals surface area contributed by atoms with E-state index in [0.29, 0.717) is 59.8 Å². The number of pyridine rings is 1. The number of nitrogens with zero attached hydrogens (tertiary/aromatic N) is 9. The van der Waals surface area contributed by atoms with Gasteiger partial charge in [-0.25, -0.2) is 18.4 Å². The molecule has 6 saturated heterocycles. The fourth-order valence-corrected chi connectivity index (χ4v) is 15.3. The number of aromatic hydroxyl groups is 1. The Labute approximate surface area is 473 Å². The van der Waals surface area contributed by atoms with Crippen molar-refractivity contribution >= 4 is 56.4 Å². The van der Waals surface area contributed by atoms with E-state index in [-0.39, 0.29) is 100 Å². The molecule has 430 valence electrons. The highest BCUT2D eigenvalue weighted by molar-refractivity contribution is 6.03. The number of fused-ring (bicyclic) bond motifs is 4. The van der Waals surface area contributed by atoms with Crippen LogP contribution in [0.4, 0.5) is 19.4 Å². The number of imide groups is 1. The second-order valence-corrected chi connectivity index (χ2v) is 25.1. The topological polar surface area (TPSA) is 201 Å². The largest absolute Gasteiger partial charge is 0.508 e. The molecule has 1 aliphatic carbocycles. The van der Waals surface area contributed by atoms with Gasteiger partial charge >= 0.3 is 17.8 Å². The third-order valence-corrected chi connectivity index (χ3v) is 19.7. The average molecular weight is 1120 g/mol. The van der Waals surface area contributed by atoms with Crippen LogP contribution in [0.1, 0.15) is 120 Å². The molecule has 3 amide bonds. The van der Waals surface area contributed by atoms with Gasteiger partial charge in [-0.1, -0.05) is 18.1 Å². The van der Waals surface area contributed by atoms with Crippen LogP contribution >= 0.6 is 0 Å². The summed E-state index contributed by atoms with van der Waals surface area (Å²) in [5.74, 6) is 1.36. The number of hydrogen-bond donors (Lipinski definition) is 3. The first kappa shape index (κ1) is 54.1. The smallest absolute Gasteiger partial charge is 0.409 e. The Bertz CT molecular complexity index is 3670. The van der Waals surface area contributed by atoms with E-state index in [1.54, 1.807) is 18.5 Å². The number of piperidine rings is 3. The van der Waals surface area contributed by atoms with E-state index in [0.717, 1.165) is 109 Å². The number of phenolic OH excluding ortho intramolecular Hbond substituents is 1. The molecule has 1 spiro atoms. The first-order chi connectivity index (χ1) is 39.5. The van der Waals surface area contributed by atoms with Crippen molar-refractivity contribution in [2.45, 2.75) is 126 Å². The third-order valence-electron chi connectivity index (χ3n) is 19.7. The fraction of sp³-hybridized carbons (Fsp3) is 0.532. The standard InChI is InChI=1S/C62H70F2N10O8/c1-4-43-46(63)9-7-40-27-42(75)29-44(51(40)43)53-52(64)54-45(30-65-53)55(71-23-5-18-60(2,80)33-71)68-57(67-54)82-36-62-19-6-24-73(62)41(15-22-62)32-81-59(79)72-34-61(35-72)20-13-37(14-21-61)31-70-25-16-38(17-26-70)39-8-10-47-49(28-39)69(3)58(78)74(47)48-11-12-50(76)66-56(48)77/h1,7-10,27-30,37-38,41,48,75,80H,5-6,11-26,31-36H2,2-3H3,(H,66,76,77)/t41-,48?,60+,62-/m0/s1. The number of β-amino-alcohol motifs (C(OH)–C–C–N with tert-alkyl or cyclic N) is 1. The van der Waals surface area contributed by atoms with Crippen LogP contribution in [0.2, 0.25) is 0 Å². The second-order valence-electron chi connectivity index (χ2n) is 25.1. The monoisotopic (exact) mass is 1120 g/mol. The molecule has 7 aliphatic rings. The van der Waals surface area contributed by atoms with E-state index in [1.807, 2.05) is 15.9 Å². The van der Waals surface area contributed by atoms with Crippen LogP contribution in [0.15, 0.2) is 53.5 Å². The maximum absolute atomic E-state index is 17.2. The molecule has 18 nitrogen and oxygen atoms in total. The lowest BCUT2D eigenvalue weighted by Gasteiger charge is -2.53. The normalized spacial score (nSPS) is 25.5. The Morgan fingerprint density at radius 1 is 0.902 bits per heavy atom. The number of aryl methyl sites for hydroxylation is 1. The predicted molar refractivity (Wildman–Crippen MR) is 303 cm³/mol. The van der Waals surface area contributed by atoms with E-state index >= 15 is 8.78 Å². The molecule has 3 aromatic heterocycles. The van der Waals surface area contributed by atoms with Crippen LogP contribution in [-0.2, 0) is 21.4 Å². The highest BCUT2D eigenvalue weighted by Gasteiger charge is 2.52. The minimum atomic E-state index is -1.02. The number of hydrogen-bond acceptors (Lipinski definition) is 14. The number of ether oxygens (including phenoxy) is 2. The molecule has 1 unspecified atom stereocenters. The molecule has 6 aliphatic heterocycles. The number of aliphatic hydroxyl groups is 1. The maximum Gasteiger partial charge on any atom is 0.409 e. The van der Waals surface area contributed by atoms with E-state index in [2.05, 4.69) is 43.1 Å². The Kier molecular flexibility index (Phi) is 13.8. The molecule has 4 atom stereocenters. The van der Waals surface area contributed by atoms with E-state index in [1.165, 1.54) is 40.6 Å². The van der Waals surface area contributed by atoms with Crippen molar-refractivity contribution in [2.24, 2.45) is 18.4 Å². The number of rotatable bonds is 11. The number of likely N-dealkylation sites (tertiary alicyclic amines) is 2. The van der Waals surface area contributed by atoms with Crippen LogP contribution in [-0.4, -0.2) is 150 Å². The Morgan fingerprint density at radius 3 is 2.46 bits per heavy atom. The highest BCUT2D eigenvalue weighted by Crippen LogP contribution is 2.48. The quantitative estimate of drug-likeness (QED) is 0.0843. The van der Waals surface area contributed by atoms with Crippen molar-refractivity contribution in [3.63, 3.8) is 0 Å². The Hall–Kier alpha value is -7.21. The van der Waals surface area contributed by atoms with Gasteiger partial charge in [-0.05, 0) is 163 Å². The summed E-state index contributed by atoms with van der Waals surface area (Å²) >= 11 is 0. The van der Waals surface area contributed by atoms with Crippen molar-refractivity contribution in [1.29, 1.82) is 0 Å². The van der Waals surface area contributed by atoms with Gasteiger partial charge in [0.05, 0.1) is 33.1 Å². The summed E-state index contributed by atoms with van der Waals surface area (Å²) in [7, 11) is 1.74. The molecule has 82 heavy (non-hydrogen) atoms. The van der Waals surface area contributed by atoms with Gasteiger partial charge in [0.15, 0.2) is 5.82 Å². The lowest BCUT2D eigenvalue weighted by Crippen LogP contribution is -2.60. The number of carbonyl (C=O) groups excluding carboxylic acids is 3. The number of phenols is 1. The second kappa shape index (κ2) is 20.9. The van der Waals surface area contributed by atoms with Crippen molar-refractivity contribution in [2.75, 3.05) is 70.5 Å². The first-order valence-electron chi connectivity index (χ1n) is 29.3. The van der Waals surface area contributed by atoms with Crippen LogP contribution < -0.4 is 20.6 Å². The number of anilines is 1. The van der Waals surface area contributed by atoms with Gasteiger partial charge in [-0.15, -0.1) is 6.42 Å². The first-order valence-corrected chi connectivity index (χ1v) is 29.3. The molecule has 7 fully saturated rings. The minimum absolute atomic E-state index is 0.00832. The van der Waals surface area contributed by atoms with Crippen LogP contribution in [0, 0.1) is 35.3 Å². The van der Waals surface area contributed by atoms with Gasteiger partial charge in [0.25, 0.3) is 0 Å². The number of carbonyl (C=O) groups is 3. The molecule has 0 radical (unpaired) electrons. The summed E-state index contributed by atoms with van der Waals surface area (Å²) < 4.78 is 48.1. The Balaban J connectivity index is 0.610. The van der Waals surface area contributed by atoms with Gasteiger partial charge in [0.2, 0.25) is 11.8 Å². The van der Waals surface area contributed by atoms with Crippen molar-refractivity contribution in [1.82, 2.24) is 44.1 Å². The molecular formula is C62H70F2N10O8. The van der Waals surface area contributed by atoms with Gasteiger partial charge in [0, 0.05) is 74.8 Å². The van der Waals surface area contributed by atoms with Crippen molar-refractivity contribution in [3.05, 3.63) is 81.9 Å². The zero-order valence-corrected chi connectivity index (χ0v) is 46.6. The third kappa shape index (κ3) is 9.69. The summed E-state index contributed by atoms with van der Waals surface area (Å²) in [6.07, 6.45) is 18.7. The molecular weight excluding hydrogens is 1050 g/mol. The van der Waals surface area contributed by atoms with Gasteiger partial charge in [-0.2, -0.15) is 9.97 Å². The zero-order chi connectivity index (χ0) is 56.8. The van der Waals surface area contributed by atoms with Gasteiger partial charge in [-0.3, -0.25) is 33.9 Å². The molecule has 13 rings (SSSR count). The molecule has 20 heteroatoms. The number of benzene rings is 3. The predicted octanol–water partition coefficient (Wildman–Crippen LogP) is 7.68. The van der Waals surface area contributed by atoms with Crippen molar-refractivity contribution < 1.29 is 42.9 Å². The number of imidazole rings is 1. The number of nitrogens with one attached hydrogen (secondary N) is 1. The molecule has 0 bridgehead atoms. The lowest BCUT2D eigenvalue weighted by molar-refractivity contribution is -0.135. The van der Waals surface area contributed by atoms with E-state index in [9.17, 15) is 29.4 Å². The van der Waals surface area contributed by atoms with E-state index < -0.39 is 29.2 Å². The molecule has 3 N–H and O–H groups in total. The number of terminal acetylenes is 1. The summed E-state index contributed by atoms with van der Waals surface area (Å²) in [4.78, 5) is 74.3. The fourth-order valence-electron chi connectivity index (χ4n) is 15.3. The lowest BCUT2D eigenvalue weighted by atomic mass is 9.66. The van der Waals surface area contributed by atoms with E-state index in [4.69, 9.17) is 20.9 Å². The van der Waals surface area contributed by atoms with Gasteiger partial charge < -0.3 is 34.4 Å². The number of amides is 3. The SMILES string of the molecule is C#Cc1c(F)ccc2cc(O)cc(-c3ncc4c(N5CCC[C@@](C)(O)C5)nc(OC[C@@]56CCCN5[C@H](COC(=O)N5CC7(CCC(CN8CCC(c9ccc%10c(c9)n(C)c(=O)n%10C9CCC(=O)NC9=O)CC8)CC7)C5)CC6)nc4c3F)c12. The number of halogens is 2. The Morgan fingerprint density at radius 2 is 1.70 bits per heavy atom. The minimum Gasteiger partial charge on any atom is -0.508 e. The van der Waals surface area contributed by atoms with Crippen LogP contribution in [0.3, 0.4) is 0 Å². The van der Waals surface area contributed by atoms with Crippen LogP contribution in [0.25, 0.3) is 44.0 Å². The summed E-state index contributed by atoms with van der Waals surface area (Å²) in [6.45, 7) is 8.42.